The van der Waals surface area contributed by atoms with E-state index >= 15 is 0 Å². The lowest BCUT2D eigenvalue weighted by molar-refractivity contribution is -0.133. The molecule has 2 aromatic rings. The van der Waals surface area contributed by atoms with Gasteiger partial charge in [0.15, 0.2) is 0 Å². The summed E-state index contributed by atoms with van der Waals surface area (Å²) in [6.07, 6.45) is 1.04. The van der Waals surface area contributed by atoms with Gasteiger partial charge in [0.2, 0.25) is 5.91 Å². The molecule has 0 aliphatic carbocycles. The maximum Gasteiger partial charge on any atom is 0.321 e. The molecule has 5 nitrogen and oxygen atoms in total. The van der Waals surface area contributed by atoms with Gasteiger partial charge in [-0.2, -0.15) is 0 Å². The van der Waals surface area contributed by atoms with Crippen molar-refractivity contribution in [3.8, 4) is 0 Å². The molecule has 0 aromatic heterocycles. The lowest BCUT2D eigenvalue weighted by Crippen LogP contribution is -2.39. The quantitative estimate of drug-likeness (QED) is 0.792. The molecule has 1 aliphatic rings. The molecule has 2 aromatic carbocycles. The van der Waals surface area contributed by atoms with Gasteiger partial charge in [-0.05, 0) is 37.1 Å². The average Bonchev–Trinajstić information content (AvgIpc) is 3.13. The van der Waals surface area contributed by atoms with E-state index in [1.54, 1.807) is 28.0 Å². The van der Waals surface area contributed by atoms with Crippen LogP contribution in [-0.2, 0) is 17.8 Å². The van der Waals surface area contributed by atoms with Gasteiger partial charge in [0.05, 0.1) is 6.42 Å². The Balaban J connectivity index is 1.71. The molecule has 28 heavy (non-hydrogen) atoms. The van der Waals surface area contributed by atoms with Crippen LogP contribution >= 0.6 is 0 Å². The van der Waals surface area contributed by atoms with Gasteiger partial charge in [-0.1, -0.05) is 37.3 Å². The Labute approximate surface area is 165 Å². The molecule has 1 heterocycles. The fourth-order valence-electron chi connectivity index (χ4n) is 3.31. The van der Waals surface area contributed by atoms with E-state index in [0.29, 0.717) is 18.7 Å². The highest BCUT2D eigenvalue weighted by Crippen LogP contribution is 2.19. The Hall–Kier alpha value is -2.89. The maximum absolute atomic E-state index is 14.1. The zero-order chi connectivity index (χ0) is 20.1. The van der Waals surface area contributed by atoms with E-state index < -0.39 is 0 Å². The van der Waals surface area contributed by atoms with Gasteiger partial charge in [-0.25, -0.2) is 9.18 Å². The molecule has 0 spiro atoms. The van der Waals surface area contributed by atoms with Crippen molar-refractivity contribution in [2.75, 3.05) is 18.0 Å². The lowest BCUT2D eigenvalue weighted by Gasteiger charge is -2.29. The van der Waals surface area contributed by atoms with Crippen LogP contribution in [0, 0.1) is 5.82 Å². The first kappa shape index (κ1) is 19.9. The summed E-state index contributed by atoms with van der Waals surface area (Å²) in [7, 11) is 0. The van der Waals surface area contributed by atoms with Gasteiger partial charge in [0.25, 0.3) is 0 Å². The molecule has 0 saturated carbocycles. The van der Waals surface area contributed by atoms with Crippen molar-refractivity contribution in [2.24, 2.45) is 0 Å². The smallest absolute Gasteiger partial charge is 0.321 e. The second-order valence-corrected chi connectivity index (χ2v) is 7.10. The third-order valence-corrected chi connectivity index (χ3v) is 5.20. The maximum atomic E-state index is 14.1. The second kappa shape index (κ2) is 8.87. The number of nitrogens with one attached hydrogen (secondary N) is 1. The van der Waals surface area contributed by atoms with E-state index in [-0.39, 0.29) is 36.8 Å². The number of anilines is 1. The van der Waals surface area contributed by atoms with Crippen LogP contribution in [-0.4, -0.2) is 36.0 Å². The molecule has 3 amide bonds. The van der Waals surface area contributed by atoms with Crippen molar-refractivity contribution < 1.29 is 14.0 Å². The van der Waals surface area contributed by atoms with Crippen LogP contribution in [0.5, 0.6) is 0 Å². The van der Waals surface area contributed by atoms with E-state index in [1.807, 2.05) is 38.1 Å². The van der Waals surface area contributed by atoms with Gasteiger partial charge in [-0.15, -0.1) is 0 Å². The summed E-state index contributed by atoms with van der Waals surface area (Å²) in [6.45, 7) is 5.53. The minimum Gasteiger partial charge on any atom is -0.336 e. The van der Waals surface area contributed by atoms with Crippen molar-refractivity contribution in [3.05, 3.63) is 65.5 Å². The normalized spacial score (nSPS) is 14.7. The molecule has 1 aliphatic heterocycles. The largest absolute Gasteiger partial charge is 0.336 e. The molecule has 0 radical (unpaired) electrons. The van der Waals surface area contributed by atoms with Crippen LogP contribution in [0.3, 0.4) is 0 Å². The summed E-state index contributed by atoms with van der Waals surface area (Å²) in [6, 6.07) is 13.9. The Morgan fingerprint density at radius 3 is 2.54 bits per heavy atom. The van der Waals surface area contributed by atoms with Crippen molar-refractivity contribution in [1.82, 2.24) is 10.2 Å². The number of carbonyl (C=O) groups excluding carboxylic acids is 2. The summed E-state index contributed by atoms with van der Waals surface area (Å²) >= 11 is 0. The number of halogens is 1. The fraction of sp³-hybridized carbons (Fsp3) is 0.364. The number of hydrogen-bond donors (Lipinski definition) is 1. The van der Waals surface area contributed by atoms with Crippen LogP contribution in [0.1, 0.15) is 31.4 Å². The van der Waals surface area contributed by atoms with Gasteiger partial charge in [0.1, 0.15) is 5.82 Å². The monoisotopic (exact) mass is 383 g/mol. The number of carbonyl (C=O) groups is 2. The third kappa shape index (κ3) is 4.50. The van der Waals surface area contributed by atoms with Crippen LogP contribution in [0.4, 0.5) is 14.9 Å². The second-order valence-electron chi connectivity index (χ2n) is 7.10. The average molecular weight is 383 g/mol. The van der Waals surface area contributed by atoms with E-state index in [1.165, 1.54) is 6.07 Å². The SMILES string of the molecule is CCC(C)N(Cc1ccccc1F)C(=O)Cc1ccc(N2CCNC2=O)cc1. The predicted molar refractivity (Wildman–Crippen MR) is 108 cm³/mol. The Bertz CT molecular complexity index is 838. The number of hydrogen-bond acceptors (Lipinski definition) is 2. The number of amides is 3. The molecule has 6 heteroatoms. The molecule has 1 unspecified atom stereocenters. The molecule has 1 saturated heterocycles. The molecular formula is C22H26FN3O2. The molecule has 1 fully saturated rings. The number of urea groups is 1. The Morgan fingerprint density at radius 1 is 1.21 bits per heavy atom. The highest BCUT2D eigenvalue weighted by molar-refractivity contribution is 5.94. The first-order valence-electron chi connectivity index (χ1n) is 9.66. The molecule has 0 bridgehead atoms. The zero-order valence-electron chi connectivity index (χ0n) is 16.3. The van der Waals surface area contributed by atoms with Crippen molar-refractivity contribution in [3.63, 3.8) is 0 Å². The molecule has 3 rings (SSSR count). The van der Waals surface area contributed by atoms with E-state index in [4.69, 9.17) is 0 Å². The third-order valence-electron chi connectivity index (χ3n) is 5.20. The molecule has 1 N–H and O–H groups in total. The van der Waals surface area contributed by atoms with Crippen LogP contribution < -0.4 is 10.2 Å². The highest BCUT2D eigenvalue weighted by atomic mass is 19.1. The first-order valence-corrected chi connectivity index (χ1v) is 9.66. The lowest BCUT2D eigenvalue weighted by atomic mass is 10.1. The van der Waals surface area contributed by atoms with Crippen LogP contribution in [0.2, 0.25) is 0 Å². The zero-order valence-corrected chi connectivity index (χ0v) is 16.3. The van der Waals surface area contributed by atoms with Crippen molar-refractivity contribution in [2.45, 2.75) is 39.3 Å². The first-order chi connectivity index (χ1) is 13.5. The predicted octanol–water partition coefficient (Wildman–Crippen LogP) is 3.73. The minimum absolute atomic E-state index is 0.0136. The molecule has 148 valence electrons. The number of rotatable bonds is 7. The number of benzene rings is 2. The highest BCUT2D eigenvalue weighted by Gasteiger charge is 2.22. The summed E-state index contributed by atoms with van der Waals surface area (Å²) < 4.78 is 14.1. The Kier molecular flexibility index (Phi) is 6.29. The molecular weight excluding hydrogens is 357 g/mol. The van der Waals surface area contributed by atoms with Crippen LogP contribution in [0.15, 0.2) is 48.5 Å². The Morgan fingerprint density at radius 2 is 1.93 bits per heavy atom. The molecule has 1 atom stereocenters. The summed E-state index contributed by atoms with van der Waals surface area (Å²) in [4.78, 5) is 28.1. The van der Waals surface area contributed by atoms with Gasteiger partial charge >= 0.3 is 6.03 Å². The van der Waals surface area contributed by atoms with Crippen molar-refractivity contribution >= 4 is 17.6 Å². The topological polar surface area (TPSA) is 52.7 Å². The summed E-state index contributed by atoms with van der Waals surface area (Å²) in [5.41, 5.74) is 2.21. The van der Waals surface area contributed by atoms with E-state index in [0.717, 1.165) is 17.7 Å². The van der Waals surface area contributed by atoms with Gasteiger partial charge in [-0.3, -0.25) is 9.69 Å². The van der Waals surface area contributed by atoms with E-state index in [2.05, 4.69) is 5.32 Å². The minimum atomic E-state index is -0.295. The number of nitrogens with zero attached hydrogens (tertiary/aromatic N) is 2. The van der Waals surface area contributed by atoms with Gasteiger partial charge in [0, 0.05) is 36.9 Å². The van der Waals surface area contributed by atoms with E-state index in [9.17, 15) is 14.0 Å². The van der Waals surface area contributed by atoms with Crippen molar-refractivity contribution in [1.29, 1.82) is 0 Å². The van der Waals surface area contributed by atoms with Crippen LogP contribution in [0.25, 0.3) is 0 Å². The standard InChI is InChI=1S/C22H26FN3O2/c1-3-16(2)26(15-18-6-4-5-7-20(18)23)21(27)14-17-8-10-19(11-9-17)25-13-12-24-22(25)28/h4-11,16H,3,12-15H2,1-2H3,(H,24,28). The summed E-state index contributed by atoms with van der Waals surface area (Å²) in [5.74, 6) is -0.332. The van der Waals surface area contributed by atoms with Gasteiger partial charge < -0.3 is 10.2 Å². The fourth-order valence-corrected chi connectivity index (χ4v) is 3.31. The summed E-state index contributed by atoms with van der Waals surface area (Å²) in [5, 5.41) is 2.77.